The van der Waals surface area contributed by atoms with Gasteiger partial charge in [0.25, 0.3) is 0 Å². The first-order valence-corrected chi connectivity index (χ1v) is 11.0. The smallest absolute Gasteiger partial charge is 0.333 e. The number of carbonyl (C=O) groups is 2. The quantitative estimate of drug-likeness (QED) is 0.463. The number of hydrogen-bond acceptors (Lipinski definition) is 5. The lowest BCUT2D eigenvalue weighted by Crippen LogP contribution is -2.30. The summed E-state index contributed by atoms with van der Waals surface area (Å²) in [5.74, 6) is 0.417. The van der Waals surface area contributed by atoms with Crippen molar-refractivity contribution in [2.75, 3.05) is 19.8 Å². The molecular formula is C25H33NO6. The molecule has 0 aromatic heterocycles. The summed E-state index contributed by atoms with van der Waals surface area (Å²) in [4.78, 5) is 23.5. The minimum absolute atomic E-state index is 0.0796. The van der Waals surface area contributed by atoms with Gasteiger partial charge in [0.1, 0.15) is 17.6 Å². The zero-order chi connectivity index (χ0) is 23.3. The second kappa shape index (κ2) is 13.4. The van der Waals surface area contributed by atoms with E-state index in [1.165, 1.54) is 0 Å². The second-order valence-corrected chi connectivity index (χ2v) is 7.40. The van der Waals surface area contributed by atoms with Gasteiger partial charge in [0.15, 0.2) is 6.10 Å². The molecule has 1 unspecified atom stereocenters. The number of benzene rings is 2. The van der Waals surface area contributed by atoms with Crippen molar-refractivity contribution in [1.29, 1.82) is 0 Å². The fraction of sp³-hybridized carbons (Fsp3) is 0.440. The zero-order valence-electron chi connectivity index (χ0n) is 19.0. The SMILES string of the molecule is CCOc1ccccc1CCNC(=O)CC(C)Oc1ccc(C[C@H](OCC)C(=O)O)cc1. The van der Waals surface area contributed by atoms with E-state index in [9.17, 15) is 14.7 Å². The molecule has 0 fully saturated rings. The van der Waals surface area contributed by atoms with Gasteiger partial charge in [-0.2, -0.15) is 0 Å². The number of ether oxygens (including phenoxy) is 3. The zero-order valence-corrected chi connectivity index (χ0v) is 19.0. The predicted molar refractivity (Wildman–Crippen MR) is 122 cm³/mol. The Balaban J connectivity index is 1.76. The Morgan fingerprint density at radius 2 is 1.75 bits per heavy atom. The highest BCUT2D eigenvalue weighted by Gasteiger charge is 2.18. The molecule has 2 N–H and O–H groups in total. The van der Waals surface area contributed by atoms with E-state index in [1.54, 1.807) is 19.1 Å². The molecule has 2 aromatic carbocycles. The molecule has 1 amide bonds. The first-order chi connectivity index (χ1) is 15.4. The average Bonchev–Trinajstić information content (AvgIpc) is 2.76. The standard InChI is InChI=1S/C25H33NO6/c1-4-30-22-9-7-6-8-20(22)14-15-26-24(27)16-18(3)32-21-12-10-19(11-13-21)17-23(25(28)29)31-5-2/h6-13,18,23H,4-5,14-17H2,1-3H3,(H,26,27)(H,28,29)/t18?,23-/m0/s1. The van der Waals surface area contributed by atoms with Crippen LogP contribution in [0.15, 0.2) is 48.5 Å². The van der Waals surface area contributed by atoms with Gasteiger partial charge in [-0.05, 0) is 56.5 Å². The first-order valence-electron chi connectivity index (χ1n) is 11.0. The van der Waals surface area contributed by atoms with Gasteiger partial charge in [-0.15, -0.1) is 0 Å². The highest BCUT2D eigenvalue weighted by atomic mass is 16.5. The van der Waals surface area contributed by atoms with E-state index in [-0.39, 0.29) is 24.9 Å². The summed E-state index contributed by atoms with van der Waals surface area (Å²) < 4.78 is 16.7. The van der Waals surface area contributed by atoms with Gasteiger partial charge in [-0.3, -0.25) is 4.79 Å². The molecule has 174 valence electrons. The monoisotopic (exact) mass is 443 g/mol. The molecule has 0 aliphatic heterocycles. The lowest BCUT2D eigenvalue weighted by Gasteiger charge is -2.16. The lowest BCUT2D eigenvalue weighted by atomic mass is 10.1. The highest BCUT2D eigenvalue weighted by Crippen LogP contribution is 2.19. The third-order valence-corrected chi connectivity index (χ3v) is 4.79. The molecule has 7 nitrogen and oxygen atoms in total. The summed E-state index contributed by atoms with van der Waals surface area (Å²) in [7, 11) is 0. The number of amides is 1. The topological polar surface area (TPSA) is 94.1 Å². The summed E-state index contributed by atoms with van der Waals surface area (Å²) in [6.07, 6.45) is 0.0490. The van der Waals surface area contributed by atoms with Crippen molar-refractivity contribution in [2.24, 2.45) is 0 Å². The van der Waals surface area contributed by atoms with E-state index in [2.05, 4.69) is 5.32 Å². The van der Waals surface area contributed by atoms with Gasteiger partial charge in [0.2, 0.25) is 5.91 Å². The van der Waals surface area contributed by atoms with Gasteiger partial charge in [0, 0.05) is 19.6 Å². The van der Waals surface area contributed by atoms with Crippen molar-refractivity contribution in [3.63, 3.8) is 0 Å². The summed E-state index contributed by atoms with van der Waals surface area (Å²) in [6, 6.07) is 15.0. The number of carbonyl (C=O) groups excluding carboxylic acids is 1. The minimum Gasteiger partial charge on any atom is -0.494 e. The Hall–Kier alpha value is -3.06. The summed E-state index contributed by atoms with van der Waals surface area (Å²) in [5.41, 5.74) is 1.91. The molecule has 0 saturated heterocycles. The highest BCUT2D eigenvalue weighted by molar-refractivity contribution is 5.76. The Morgan fingerprint density at radius 1 is 1.03 bits per heavy atom. The number of rotatable bonds is 14. The van der Waals surface area contributed by atoms with Crippen molar-refractivity contribution >= 4 is 11.9 Å². The van der Waals surface area contributed by atoms with Crippen LogP contribution in [0.4, 0.5) is 0 Å². The summed E-state index contributed by atoms with van der Waals surface area (Å²) >= 11 is 0. The lowest BCUT2D eigenvalue weighted by molar-refractivity contribution is -0.150. The fourth-order valence-corrected chi connectivity index (χ4v) is 3.29. The molecule has 0 radical (unpaired) electrons. The Kier molecular flexibility index (Phi) is 10.5. The van der Waals surface area contributed by atoms with Crippen molar-refractivity contribution in [3.05, 3.63) is 59.7 Å². The summed E-state index contributed by atoms with van der Waals surface area (Å²) in [5, 5.41) is 12.1. The number of carboxylic acid groups (broad SMARTS) is 1. The van der Waals surface area contributed by atoms with Gasteiger partial charge < -0.3 is 24.6 Å². The van der Waals surface area contributed by atoms with Crippen molar-refractivity contribution in [2.45, 2.75) is 52.2 Å². The molecule has 0 spiro atoms. The first kappa shape index (κ1) is 25.2. The maximum atomic E-state index is 12.3. The number of carboxylic acids is 1. The molecule has 2 atom stereocenters. The van der Waals surface area contributed by atoms with Gasteiger partial charge in [-0.25, -0.2) is 4.79 Å². The van der Waals surface area contributed by atoms with E-state index < -0.39 is 12.1 Å². The fourth-order valence-electron chi connectivity index (χ4n) is 3.29. The molecule has 0 aliphatic carbocycles. The Morgan fingerprint density at radius 3 is 2.41 bits per heavy atom. The minimum atomic E-state index is -0.979. The van der Waals surface area contributed by atoms with Crippen LogP contribution in [-0.2, 0) is 27.2 Å². The largest absolute Gasteiger partial charge is 0.494 e. The Bertz CT molecular complexity index is 852. The molecular weight excluding hydrogens is 410 g/mol. The van der Waals surface area contributed by atoms with Crippen LogP contribution in [0.3, 0.4) is 0 Å². The second-order valence-electron chi connectivity index (χ2n) is 7.40. The van der Waals surface area contributed by atoms with Crippen LogP contribution in [0.5, 0.6) is 11.5 Å². The Labute approximate surface area is 189 Å². The normalized spacial score (nSPS) is 12.6. The van der Waals surface area contributed by atoms with Crippen LogP contribution in [-0.4, -0.2) is 48.9 Å². The molecule has 0 saturated carbocycles. The molecule has 0 aliphatic rings. The van der Waals surface area contributed by atoms with Crippen LogP contribution in [0.1, 0.15) is 38.3 Å². The van der Waals surface area contributed by atoms with E-state index in [4.69, 9.17) is 14.2 Å². The average molecular weight is 444 g/mol. The van der Waals surface area contributed by atoms with E-state index in [0.29, 0.717) is 31.9 Å². The molecule has 2 rings (SSSR count). The number of nitrogens with one attached hydrogen (secondary N) is 1. The molecule has 2 aromatic rings. The maximum absolute atomic E-state index is 12.3. The molecule has 32 heavy (non-hydrogen) atoms. The third-order valence-electron chi connectivity index (χ3n) is 4.79. The number of para-hydroxylation sites is 1. The van der Waals surface area contributed by atoms with E-state index >= 15 is 0 Å². The van der Waals surface area contributed by atoms with Gasteiger partial charge >= 0.3 is 5.97 Å². The van der Waals surface area contributed by atoms with Crippen LogP contribution in [0, 0.1) is 0 Å². The molecule has 7 heteroatoms. The van der Waals surface area contributed by atoms with Crippen LogP contribution < -0.4 is 14.8 Å². The predicted octanol–water partition coefficient (Wildman–Crippen LogP) is 3.63. The number of hydrogen-bond donors (Lipinski definition) is 2. The van der Waals surface area contributed by atoms with Crippen molar-refractivity contribution < 1.29 is 28.9 Å². The van der Waals surface area contributed by atoms with Crippen molar-refractivity contribution in [1.82, 2.24) is 5.32 Å². The van der Waals surface area contributed by atoms with Crippen LogP contribution in [0.25, 0.3) is 0 Å². The van der Waals surface area contributed by atoms with Crippen LogP contribution in [0.2, 0.25) is 0 Å². The molecule has 0 bridgehead atoms. The van der Waals surface area contributed by atoms with Gasteiger partial charge in [0.05, 0.1) is 13.0 Å². The van der Waals surface area contributed by atoms with Gasteiger partial charge in [-0.1, -0.05) is 30.3 Å². The van der Waals surface area contributed by atoms with Crippen LogP contribution >= 0.6 is 0 Å². The third kappa shape index (κ3) is 8.59. The number of aliphatic carboxylic acids is 1. The molecule has 0 heterocycles. The summed E-state index contributed by atoms with van der Waals surface area (Å²) in [6.45, 7) is 7.02. The maximum Gasteiger partial charge on any atom is 0.333 e. The van der Waals surface area contributed by atoms with Crippen molar-refractivity contribution in [3.8, 4) is 11.5 Å². The van der Waals surface area contributed by atoms with E-state index in [0.717, 1.165) is 16.9 Å². The van der Waals surface area contributed by atoms with E-state index in [1.807, 2.05) is 50.2 Å².